The molecule has 0 fully saturated rings. The van der Waals surface area contributed by atoms with Gasteiger partial charge in [-0.2, -0.15) is 0 Å². The summed E-state index contributed by atoms with van der Waals surface area (Å²) in [6.45, 7) is 12.4. The quantitative estimate of drug-likeness (QED) is 0.654. The second kappa shape index (κ2) is 5.35. The Hall–Kier alpha value is -0.570. The van der Waals surface area contributed by atoms with E-state index in [9.17, 15) is 4.79 Å². The van der Waals surface area contributed by atoms with Crippen molar-refractivity contribution in [2.24, 2.45) is 0 Å². The van der Waals surface area contributed by atoms with Crippen molar-refractivity contribution in [1.82, 2.24) is 4.90 Å². The van der Waals surface area contributed by atoms with Gasteiger partial charge in [0.25, 0.3) is 0 Å². The first-order chi connectivity index (χ1) is 6.31. The van der Waals surface area contributed by atoms with Crippen LogP contribution in [0.15, 0.2) is 0 Å². The molecule has 0 bridgehead atoms. The fraction of sp³-hybridized carbons (Fsp3) is 0.909. The number of carbonyl (C=O) groups excluding carboxylic acids is 1. The number of ether oxygens (including phenoxy) is 1. The zero-order valence-electron chi connectivity index (χ0n) is 10.3. The number of amides is 1. The third-order valence-electron chi connectivity index (χ3n) is 1.93. The average Bonchev–Trinajstić information content (AvgIpc) is 2.01. The van der Waals surface area contributed by atoms with Crippen molar-refractivity contribution in [3.63, 3.8) is 0 Å². The van der Waals surface area contributed by atoms with Crippen LogP contribution in [0.5, 0.6) is 0 Å². The van der Waals surface area contributed by atoms with Crippen molar-refractivity contribution in [1.29, 1.82) is 0 Å². The third-order valence-corrected chi connectivity index (χ3v) is 1.93. The molecule has 3 nitrogen and oxygen atoms in total. The summed E-state index contributed by atoms with van der Waals surface area (Å²) in [7, 11) is 0. The Labute approximate surface area is 87.4 Å². The Morgan fingerprint density at radius 3 is 2.14 bits per heavy atom. The molecule has 1 atom stereocenters. The van der Waals surface area contributed by atoms with Crippen LogP contribution in [0.1, 0.15) is 48.0 Å². The molecule has 3 heteroatoms. The van der Waals surface area contributed by atoms with Crippen LogP contribution < -0.4 is 0 Å². The zero-order chi connectivity index (χ0) is 11.4. The predicted octanol–water partition coefficient (Wildman–Crippen LogP) is 2.41. The van der Waals surface area contributed by atoms with Gasteiger partial charge >= 0.3 is 0 Å². The van der Waals surface area contributed by atoms with Crippen LogP contribution >= 0.6 is 0 Å². The Bertz CT molecular complexity index is 184. The van der Waals surface area contributed by atoms with Crippen LogP contribution in [-0.2, 0) is 9.53 Å². The van der Waals surface area contributed by atoms with Crippen LogP contribution in [-0.4, -0.2) is 29.2 Å². The molecule has 0 aliphatic carbocycles. The first kappa shape index (κ1) is 13.4. The molecule has 84 valence electrons. The second-order valence-electron chi connectivity index (χ2n) is 4.36. The smallest absolute Gasteiger partial charge is 0.224 e. The summed E-state index contributed by atoms with van der Waals surface area (Å²) in [5, 5.41) is 0. The van der Waals surface area contributed by atoms with E-state index in [0.29, 0.717) is 13.0 Å². The highest BCUT2D eigenvalue weighted by Crippen LogP contribution is 2.14. The van der Waals surface area contributed by atoms with Gasteiger partial charge in [-0.05, 0) is 34.6 Å². The minimum atomic E-state index is -0.207. The van der Waals surface area contributed by atoms with Gasteiger partial charge in [0.05, 0.1) is 5.60 Å². The normalized spacial score (nSPS) is 13.9. The summed E-state index contributed by atoms with van der Waals surface area (Å²) in [5.41, 5.74) is -0.207. The van der Waals surface area contributed by atoms with Crippen molar-refractivity contribution in [2.75, 3.05) is 6.54 Å². The SMILES string of the molecule is CCC(=O)N(CC)C(C)OC(C)(C)C. The molecule has 0 heterocycles. The molecular weight excluding hydrogens is 178 g/mol. The number of nitrogens with zero attached hydrogens (tertiary/aromatic N) is 1. The standard InChI is InChI=1S/C11H23NO2/c1-7-10(13)12(8-2)9(3)14-11(4,5)6/h9H,7-8H2,1-6H3. The number of hydrogen-bond acceptors (Lipinski definition) is 2. The van der Waals surface area contributed by atoms with E-state index >= 15 is 0 Å². The molecule has 0 radical (unpaired) electrons. The molecule has 14 heavy (non-hydrogen) atoms. The molecule has 0 spiro atoms. The minimum Gasteiger partial charge on any atom is -0.353 e. The lowest BCUT2D eigenvalue weighted by Crippen LogP contribution is -2.43. The molecule has 0 rings (SSSR count). The highest BCUT2D eigenvalue weighted by atomic mass is 16.5. The fourth-order valence-electron chi connectivity index (χ4n) is 1.41. The zero-order valence-corrected chi connectivity index (χ0v) is 10.3. The molecule has 0 aromatic heterocycles. The maximum absolute atomic E-state index is 11.5. The van der Waals surface area contributed by atoms with Crippen LogP contribution in [0.3, 0.4) is 0 Å². The minimum absolute atomic E-state index is 0.143. The molecule has 0 N–H and O–H groups in total. The van der Waals surface area contributed by atoms with Crippen molar-refractivity contribution in [2.45, 2.75) is 59.8 Å². The van der Waals surface area contributed by atoms with Gasteiger partial charge in [-0.1, -0.05) is 6.92 Å². The maximum Gasteiger partial charge on any atom is 0.224 e. The lowest BCUT2D eigenvalue weighted by atomic mass is 10.2. The van der Waals surface area contributed by atoms with E-state index in [-0.39, 0.29) is 17.7 Å². The lowest BCUT2D eigenvalue weighted by Gasteiger charge is -2.33. The average molecular weight is 201 g/mol. The molecule has 0 saturated carbocycles. The van der Waals surface area contributed by atoms with Gasteiger partial charge in [-0.25, -0.2) is 0 Å². The van der Waals surface area contributed by atoms with Crippen LogP contribution in [0.4, 0.5) is 0 Å². The van der Waals surface area contributed by atoms with E-state index in [1.54, 1.807) is 4.90 Å². The van der Waals surface area contributed by atoms with E-state index in [2.05, 4.69) is 0 Å². The van der Waals surface area contributed by atoms with Gasteiger partial charge in [0.2, 0.25) is 5.91 Å². The Morgan fingerprint density at radius 2 is 1.86 bits per heavy atom. The Balaban J connectivity index is 4.32. The van der Waals surface area contributed by atoms with E-state index < -0.39 is 0 Å². The number of hydrogen-bond donors (Lipinski definition) is 0. The summed E-state index contributed by atoms with van der Waals surface area (Å²) < 4.78 is 5.72. The van der Waals surface area contributed by atoms with E-state index in [0.717, 1.165) is 0 Å². The fourth-order valence-corrected chi connectivity index (χ4v) is 1.41. The Kier molecular flexibility index (Phi) is 5.13. The first-order valence-electron chi connectivity index (χ1n) is 5.29. The molecular formula is C11H23NO2. The van der Waals surface area contributed by atoms with Gasteiger partial charge in [-0.15, -0.1) is 0 Å². The highest BCUT2D eigenvalue weighted by molar-refractivity contribution is 5.75. The molecule has 0 aromatic rings. The molecule has 1 amide bonds. The van der Waals surface area contributed by atoms with Gasteiger partial charge in [0.1, 0.15) is 6.23 Å². The number of carbonyl (C=O) groups is 1. The summed E-state index contributed by atoms with van der Waals surface area (Å²) in [6, 6.07) is 0. The van der Waals surface area contributed by atoms with E-state index in [1.165, 1.54) is 0 Å². The van der Waals surface area contributed by atoms with Crippen LogP contribution in [0, 0.1) is 0 Å². The summed E-state index contributed by atoms with van der Waals surface area (Å²) >= 11 is 0. The predicted molar refractivity (Wildman–Crippen MR) is 58.0 cm³/mol. The molecule has 0 aliphatic rings. The molecule has 0 aliphatic heterocycles. The first-order valence-corrected chi connectivity index (χ1v) is 5.29. The van der Waals surface area contributed by atoms with Gasteiger partial charge in [-0.3, -0.25) is 4.79 Å². The van der Waals surface area contributed by atoms with Crippen molar-refractivity contribution >= 4 is 5.91 Å². The van der Waals surface area contributed by atoms with Gasteiger partial charge in [0.15, 0.2) is 0 Å². The van der Waals surface area contributed by atoms with Crippen molar-refractivity contribution < 1.29 is 9.53 Å². The topological polar surface area (TPSA) is 29.5 Å². The largest absolute Gasteiger partial charge is 0.353 e. The molecule has 0 saturated heterocycles. The van der Waals surface area contributed by atoms with E-state index in [4.69, 9.17) is 4.74 Å². The number of rotatable bonds is 4. The molecule has 0 aromatic carbocycles. The third kappa shape index (κ3) is 4.61. The van der Waals surface area contributed by atoms with Gasteiger partial charge < -0.3 is 9.64 Å². The van der Waals surface area contributed by atoms with Crippen molar-refractivity contribution in [3.8, 4) is 0 Å². The van der Waals surface area contributed by atoms with Crippen LogP contribution in [0.2, 0.25) is 0 Å². The highest BCUT2D eigenvalue weighted by Gasteiger charge is 2.22. The van der Waals surface area contributed by atoms with Crippen LogP contribution in [0.25, 0.3) is 0 Å². The summed E-state index contributed by atoms with van der Waals surface area (Å²) in [6.07, 6.45) is 0.388. The van der Waals surface area contributed by atoms with Crippen molar-refractivity contribution in [3.05, 3.63) is 0 Å². The molecule has 1 unspecified atom stereocenters. The Morgan fingerprint density at radius 1 is 1.36 bits per heavy atom. The summed E-state index contributed by atoms with van der Waals surface area (Å²) in [5.74, 6) is 0.143. The van der Waals surface area contributed by atoms with E-state index in [1.807, 2.05) is 41.5 Å². The monoisotopic (exact) mass is 201 g/mol. The maximum atomic E-state index is 11.5. The second-order valence-corrected chi connectivity index (χ2v) is 4.36. The lowest BCUT2D eigenvalue weighted by molar-refractivity contribution is -0.157. The summed E-state index contributed by atoms with van der Waals surface area (Å²) in [4.78, 5) is 13.3. The van der Waals surface area contributed by atoms with Gasteiger partial charge in [0, 0.05) is 13.0 Å².